The van der Waals surface area contributed by atoms with E-state index in [-0.39, 0.29) is 17.5 Å². The van der Waals surface area contributed by atoms with E-state index < -0.39 is 4.92 Å². The molecule has 2 heterocycles. The zero-order valence-electron chi connectivity index (χ0n) is 9.07. The summed E-state index contributed by atoms with van der Waals surface area (Å²) >= 11 is 0. The molecular formula is C11H11N3O3. The average Bonchev–Trinajstić information content (AvgIpc) is 2.71. The molecule has 1 amide bonds. The van der Waals surface area contributed by atoms with Crippen LogP contribution in [-0.4, -0.2) is 22.4 Å². The Kier molecular flexibility index (Phi) is 2.86. The second-order valence-electron chi connectivity index (χ2n) is 3.83. The molecule has 1 aromatic heterocycles. The third kappa shape index (κ3) is 2.15. The third-order valence-corrected chi connectivity index (χ3v) is 2.70. The Bertz CT molecular complexity index is 487. The molecule has 1 unspecified atom stereocenters. The van der Waals surface area contributed by atoms with E-state index in [1.807, 2.05) is 0 Å². The number of carbonyl (C=O) groups excluding carboxylic acids is 1. The van der Waals surface area contributed by atoms with Gasteiger partial charge in [-0.15, -0.1) is 6.58 Å². The summed E-state index contributed by atoms with van der Waals surface area (Å²) < 4.78 is 0. The third-order valence-electron chi connectivity index (χ3n) is 2.70. The summed E-state index contributed by atoms with van der Waals surface area (Å²) in [6.07, 6.45) is 3.44. The summed E-state index contributed by atoms with van der Waals surface area (Å²) in [7, 11) is 0. The number of anilines is 1. The number of amides is 1. The number of aromatic nitrogens is 1. The smallest absolute Gasteiger partial charge is 0.274 e. The van der Waals surface area contributed by atoms with Crippen LogP contribution in [0.3, 0.4) is 0 Å². The Morgan fingerprint density at radius 2 is 2.41 bits per heavy atom. The highest BCUT2D eigenvalue weighted by molar-refractivity contribution is 5.95. The van der Waals surface area contributed by atoms with Gasteiger partial charge in [0.05, 0.1) is 11.0 Å². The number of carbonyl (C=O) groups is 1. The molecule has 0 spiro atoms. The van der Waals surface area contributed by atoms with Gasteiger partial charge >= 0.3 is 0 Å². The largest absolute Gasteiger partial charge is 0.296 e. The van der Waals surface area contributed by atoms with Crippen molar-refractivity contribution < 1.29 is 9.72 Å². The maximum Gasteiger partial charge on any atom is 0.274 e. The number of hydrogen-bond donors (Lipinski definition) is 0. The molecule has 0 aromatic carbocycles. The van der Waals surface area contributed by atoms with Gasteiger partial charge in [-0.1, -0.05) is 6.08 Å². The predicted molar refractivity (Wildman–Crippen MR) is 61.5 cm³/mol. The maximum atomic E-state index is 11.7. The Hall–Kier alpha value is -2.24. The van der Waals surface area contributed by atoms with Gasteiger partial charge in [-0.05, 0) is 0 Å². The molecule has 0 N–H and O–H groups in total. The van der Waals surface area contributed by atoms with Crippen LogP contribution in [0.2, 0.25) is 0 Å². The molecule has 17 heavy (non-hydrogen) atoms. The van der Waals surface area contributed by atoms with Gasteiger partial charge in [0, 0.05) is 31.1 Å². The molecule has 1 aliphatic rings. The molecule has 1 aliphatic heterocycles. The molecule has 2 rings (SSSR count). The molecular weight excluding hydrogens is 222 g/mol. The number of rotatable bonds is 3. The van der Waals surface area contributed by atoms with E-state index in [1.54, 1.807) is 6.08 Å². The molecule has 6 heteroatoms. The van der Waals surface area contributed by atoms with Crippen molar-refractivity contribution >= 4 is 17.4 Å². The molecule has 1 aromatic rings. The monoisotopic (exact) mass is 233 g/mol. The van der Waals surface area contributed by atoms with E-state index in [4.69, 9.17) is 0 Å². The van der Waals surface area contributed by atoms with Gasteiger partial charge in [-0.2, -0.15) is 0 Å². The molecule has 1 atom stereocenters. The SMILES string of the molecule is C=CC1CC(=O)N(c2cc([N+](=O)[O-])ccn2)C1. The zero-order valence-corrected chi connectivity index (χ0v) is 9.07. The summed E-state index contributed by atoms with van der Waals surface area (Å²) in [6, 6.07) is 2.61. The van der Waals surface area contributed by atoms with Gasteiger partial charge in [0.25, 0.3) is 5.69 Å². The molecule has 88 valence electrons. The summed E-state index contributed by atoms with van der Waals surface area (Å²) in [6.45, 7) is 4.13. The second-order valence-corrected chi connectivity index (χ2v) is 3.83. The minimum absolute atomic E-state index is 0.0650. The van der Waals surface area contributed by atoms with E-state index in [0.717, 1.165) is 0 Å². The van der Waals surface area contributed by atoms with Crippen molar-refractivity contribution in [2.75, 3.05) is 11.4 Å². The lowest BCUT2D eigenvalue weighted by molar-refractivity contribution is -0.384. The number of pyridine rings is 1. The fourth-order valence-electron chi connectivity index (χ4n) is 1.78. The van der Waals surface area contributed by atoms with Crippen LogP contribution in [-0.2, 0) is 4.79 Å². The van der Waals surface area contributed by atoms with Gasteiger partial charge in [0.1, 0.15) is 5.82 Å². The van der Waals surface area contributed by atoms with E-state index >= 15 is 0 Å². The Morgan fingerprint density at radius 3 is 3.00 bits per heavy atom. The predicted octanol–water partition coefficient (Wildman–Crippen LogP) is 1.53. The van der Waals surface area contributed by atoms with Gasteiger partial charge < -0.3 is 0 Å². The first-order valence-electron chi connectivity index (χ1n) is 5.15. The highest BCUT2D eigenvalue weighted by atomic mass is 16.6. The first-order chi connectivity index (χ1) is 8.11. The number of hydrogen-bond acceptors (Lipinski definition) is 4. The number of nitro groups is 1. The average molecular weight is 233 g/mol. The fraction of sp³-hybridized carbons (Fsp3) is 0.273. The van der Waals surface area contributed by atoms with Crippen molar-refractivity contribution in [3.63, 3.8) is 0 Å². The minimum atomic E-state index is -0.503. The molecule has 0 radical (unpaired) electrons. The van der Waals surface area contributed by atoms with Crippen LogP contribution in [0.1, 0.15) is 6.42 Å². The molecule has 1 fully saturated rings. The van der Waals surface area contributed by atoms with Crippen LogP contribution < -0.4 is 4.90 Å². The van der Waals surface area contributed by atoms with Crippen LogP contribution >= 0.6 is 0 Å². The van der Waals surface area contributed by atoms with Gasteiger partial charge in [-0.25, -0.2) is 4.98 Å². The lowest BCUT2D eigenvalue weighted by Crippen LogP contribution is -2.25. The first-order valence-corrected chi connectivity index (χ1v) is 5.15. The summed E-state index contributed by atoms with van der Waals surface area (Å²) in [5, 5.41) is 10.6. The van der Waals surface area contributed by atoms with Crippen LogP contribution in [0.5, 0.6) is 0 Å². The van der Waals surface area contributed by atoms with Crippen LogP contribution in [0.4, 0.5) is 11.5 Å². The van der Waals surface area contributed by atoms with Crippen molar-refractivity contribution in [3.8, 4) is 0 Å². The number of nitrogens with zero attached hydrogens (tertiary/aromatic N) is 3. The molecule has 0 bridgehead atoms. The molecule has 0 saturated carbocycles. The van der Waals surface area contributed by atoms with Crippen molar-refractivity contribution in [1.82, 2.24) is 4.98 Å². The van der Waals surface area contributed by atoms with Crippen molar-refractivity contribution in [3.05, 3.63) is 41.1 Å². The maximum absolute atomic E-state index is 11.7. The topological polar surface area (TPSA) is 76.3 Å². The second kappa shape index (κ2) is 4.32. The normalized spacial score (nSPS) is 19.4. The lowest BCUT2D eigenvalue weighted by atomic mass is 10.1. The summed E-state index contributed by atoms with van der Waals surface area (Å²) in [4.78, 5) is 27.3. The van der Waals surface area contributed by atoms with E-state index in [0.29, 0.717) is 18.8 Å². The van der Waals surface area contributed by atoms with E-state index in [9.17, 15) is 14.9 Å². The van der Waals surface area contributed by atoms with Crippen LogP contribution in [0.15, 0.2) is 31.0 Å². The molecule has 6 nitrogen and oxygen atoms in total. The first kappa shape index (κ1) is 11.3. The Morgan fingerprint density at radius 1 is 1.65 bits per heavy atom. The lowest BCUT2D eigenvalue weighted by Gasteiger charge is -2.14. The highest BCUT2D eigenvalue weighted by Crippen LogP contribution is 2.26. The van der Waals surface area contributed by atoms with Crippen molar-refractivity contribution in [2.24, 2.45) is 5.92 Å². The Labute approximate surface area is 97.7 Å². The van der Waals surface area contributed by atoms with Crippen molar-refractivity contribution in [1.29, 1.82) is 0 Å². The standard InChI is InChI=1S/C11H11N3O3/c1-2-8-5-11(15)13(7-8)10-6-9(14(16)17)3-4-12-10/h2-4,6,8H,1,5,7H2. The molecule has 0 aliphatic carbocycles. The van der Waals surface area contributed by atoms with Gasteiger partial charge in [0.2, 0.25) is 5.91 Å². The van der Waals surface area contributed by atoms with Gasteiger partial charge in [0.15, 0.2) is 0 Å². The summed E-state index contributed by atoms with van der Waals surface area (Å²) in [5.74, 6) is 0.333. The van der Waals surface area contributed by atoms with Crippen molar-refractivity contribution in [2.45, 2.75) is 6.42 Å². The molecule has 1 saturated heterocycles. The van der Waals surface area contributed by atoms with Crippen LogP contribution in [0.25, 0.3) is 0 Å². The zero-order chi connectivity index (χ0) is 12.4. The fourth-order valence-corrected chi connectivity index (χ4v) is 1.78. The quantitative estimate of drug-likeness (QED) is 0.450. The Balaban J connectivity index is 2.28. The van der Waals surface area contributed by atoms with E-state index in [2.05, 4.69) is 11.6 Å². The summed E-state index contributed by atoms with van der Waals surface area (Å²) in [5.41, 5.74) is -0.0650. The van der Waals surface area contributed by atoms with Crippen LogP contribution in [0, 0.1) is 16.0 Å². The van der Waals surface area contributed by atoms with E-state index in [1.165, 1.54) is 23.2 Å². The highest BCUT2D eigenvalue weighted by Gasteiger charge is 2.30. The minimum Gasteiger partial charge on any atom is -0.296 e. The van der Waals surface area contributed by atoms with Gasteiger partial charge in [-0.3, -0.25) is 19.8 Å².